The van der Waals surface area contributed by atoms with Gasteiger partial charge in [-0.2, -0.15) is 8.78 Å². The normalized spacial score (nSPS) is 16.7. The second-order valence-electron chi connectivity index (χ2n) is 3.54. The molecule has 2 rings (SSSR count). The van der Waals surface area contributed by atoms with E-state index in [1.807, 2.05) is 5.43 Å². The highest BCUT2D eigenvalue weighted by atomic mass is 35.5. The summed E-state index contributed by atoms with van der Waals surface area (Å²) in [6.45, 7) is 0.824. The molecule has 0 aliphatic carbocycles. The van der Waals surface area contributed by atoms with Gasteiger partial charge in [-0.1, -0.05) is 6.07 Å². The summed E-state index contributed by atoms with van der Waals surface area (Å²) in [4.78, 5) is 0. The van der Waals surface area contributed by atoms with Crippen molar-refractivity contribution in [2.24, 2.45) is 5.84 Å². The number of halogens is 3. The average Bonchev–Trinajstić information content (AvgIpc) is 2.28. The lowest BCUT2D eigenvalue weighted by molar-refractivity contribution is 0.0495. The van der Waals surface area contributed by atoms with Crippen LogP contribution in [0.4, 0.5) is 8.78 Å². The molecule has 1 aromatic rings. The molecule has 0 saturated carbocycles. The first-order valence-electron chi connectivity index (χ1n) is 4.95. The average molecular weight is 265 g/mol. The molecule has 1 atom stereocenters. The number of alkyl halides is 3. The van der Waals surface area contributed by atoms with Gasteiger partial charge in [0.05, 0.1) is 0 Å². The maximum Gasteiger partial charge on any atom is 0.342 e. The molecule has 17 heavy (non-hydrogen) atoms. The molecular weight excluding hydrogens is 254 g/mol. The first-order valence-corrected chi connectivity index (χ1v) is 5.32. The number of hydrazine groups is 1. The predicted molar refractivity (Wildman–Crippen MR) is 58.3 cm³/mol. The van der Waals surface area contributed by atoms with E-state index in [1.165, 1.54) is 12.1 Å². The highest BCUT2D eigenvalue weighted by Gasteiger charge is 2.38. The second kappa shape index (κ2) is 4.64. The topological polar surface area (TPSA) is 56.5 Å². The Morgan fingerprint density at radius 3 is 2.53 bits per heavy atom. The Labute approximate surface area is 102 Å². The zero-order valence-corrected chi connectivity index (χ0v) is 9.51. The second-order valence-corrected chi connectivity index (χ2v) is 4.05. The zero-order valence-electron chi connectivity index (χ0n) is 8.75. The van der Waals surface area contributed by atoms with Gasteiger partial charge in [0.2, 0.25) is 0 Å². The van der Waals surface area contributed by atoms with Gasteiger partial charge >= 0.3 is 5.38 Å². The van der Waals surface area contributed by atoms with Crippen LogP contribution in [0, 0.1) is 0 Å². The van der Waals surface area contributed by atoms with Crippen molar-refractivity contribution in [3.8, 4) is 11.5 Å². The quantitative estimate of drug-likeness (QED) is 0.497. The van der Waals surface area contributed by atoms with Crippen LogP contribution in [0.2, 0.25) is 0 Å². The number of benzene rings is 1. The van der Waals surface area contributed by atoms with Crippen molar-refractivity contribution in [1.29, 1.82) is 0 Å². The van der Waals surface area contributed by atoms with Gasteiger partial charge in [-0.25, -0.2) is 5.43 Å². The van der Waals surface area contributed by atoms with Gasteiger partial charge in [-0.15, -0.1) is 0 Å². The molecule has 1 aliphatic heterocycles. The molecule has 0 amide bonds. The van der Waals surface area contributed by atoms with Gasteiger partial charge in [0.1, 0.15) is 19.3 Å². The number of ether oxygens (including phenoxy) is 2. The highest BCUT2D eigenvalue weighted by molar-refractivity contribution is 6.22. The van der Waals surface area contributed by atoms with Crippen LogP contribution < -0.4 is 20.7 Å². The van der Waals surface area contributed by atoms with Crippen molar-refractivity contribution in [2.45, 2.75) is 11.4 Å². The fraction of sp³-hybridized carbons (Fsp3) is 0.400. The van der Waals surface area contributed by atoms with E-state index in [4.69, 9.17) is 26.9 Å². The summed E-state index contributed by atoms with van der Waals surface area (Å²) in [6.07, 6.45) is 0. The summed E-state index contributed by atoms with van der Waals surface area (Å²) in [6, 6.07) is 2.97. The standard InChI is InChI=1S/C10H11ClF2N2O2/c11-10(12,13)9(15-14)6-1-2-7-8(5-6)17-4-3-16-7/h1-2,5,9,15H,3-4,14H2. The summed E-state index contributed by atoms with van der Waals surface area (Å²) in [5.41, 5.74) is 2.22. The van der Waals surface area contributed by atoms with E-state index in [2.05, 4.69) is 0 Å². The molecule has 0 aromatic heterocycles. The Morgan fingerprint density at radius 2 is 1.94 bits per heavy atom. The van der Waals surface area contributed by atoms with Crippen LogP contribution in [0.25, 0.3) is 0 Å². The zero-order chi connectivity index (χ0) is 12.5. The number of rotatable bonds is 3. The van der Waals surface area contributed by atoms with Gasteiger partial charge in [-0.3, -0.25) is 5.84 Å². The third kappa shape index (κ3) is 2.59. The Hall–Kier alpha value is -1.11. The molecule has 0 spiro atoms. The monoisotopic (exact) mass is 264 g/mol. The molecule has 1 aliphatic rings. The number of nitrogens with two attached hydrogens (primary N) is 1. The Balaban J connectivity index is 2.32. The Bertz CT molecular complexity index is 412. The molecule has 1 aromatic carbocycles. The summed E-state index contributed by atoms with van der Waals surface area (Å²) in [7, 11) is 0. The molecule has 1 heterocycles. The fourth-order valence-corrected chi connectivity index (χ4v) is 1.81. The van der Waals surface area contributed by atoms with Gasteiger partial charge in [0.15, 0.2) is 11.5 Å². The highest BCUT2D eigenvalue weighted by Crippen LogP contribution is 2.38. The van der Waals surface area contributed by atoms with Gasteiger partial charge in [0, 0.05) is 0 Å². The number of fused-ring (bicyclic) bond motifs is 1. The molecule has 4 nitrogen and oxygen atoms in total. The van der Waals surface area contributed by atoms with Crippen molar-refractivity contribution in [3.63, 3.8) is 0 Å². The summed E-state index contributed by atoms with van der Waals surface area (Å²) >= 11 is 4.97. The van der Waals surface area contributed by atoms with Crippen LogP contribution in [0.3, 0.4) is 0 Å². The molecule has 0 bridgehead atoms. The van der Waals surface area contributed by atoms with Crippen LogP contribution >= 0.6 is 11.6 Å². The van der Waals surface area contributed by atoms with E-state index in [0.29, 0.717) is 24.7 Å². The fourth-order valence-electron chi connectivity index (χ4n) is 1.62. The van der Waals surface area contributed by atoms with Gasteiger partial charge in [-0.05, 0) is 29.3 Å². The maximum atomic E-state index is 13.1. The molecule has 7 heteroatoms. The van der Waals surface area contributed by atoms with Crippen molar-refractivity contribution in [1.82, 2.24) is 5.43 Å². The molecule has 0 radical (unpaired) electrons. The third-order valence-corrected chi connectivity index (χ3v) is 2.61. The molecule has 94 valence electrons. The van der Waals surface area contributed by atoms with Gasteiger partial charge in [0.25, 0.3) is 0 Å². The lowest BCUT2D eigenvalue weighted by Crippen LogP contribution is -2.37. The van der Waals surface area contributed by atoms with Crippen LogP contribution in [0.15, 0.2) is 18.2 Å². The van der Waals surface area contributed by atoms with E-state index >= 15 is 0 Å². The van der Waals surface area contributed by atoms with E-state index in [0.717, 1.165) is 0 Å². The molecule has 0 saturated heterocycles. The maximum absolute atomic E-state index is 13.1. The van der Waals surface area contributed by atoms with E-state index in [1.54, 1.807) is 6.07 Å². The van der Waals surface area contributed by atoms with Crippen molar-refractivity contribution < 1.29 is 18.3 Å². The lowest BCUT2D eigenvalue weighted by atomic mass is 10.1. The number of nitrogens with one attached hydrogen (secondary N) is 1. The number of hydrogen-bond acceptors (Lipinski definition) is 4. The number of hydrogen-bond donors (Lipinski definition) is 2. The molecule has 0 fully saturated rings. The first-order chi connectivity index (χ1) is 8.02. The summed E-state index contributed by atoms with van der Waals surface area (Å²) in [5, 5.41) is -3.49. The van der Waals surface area contributed by atoms with E-state index in [-0.39, 0.29) is 5.56 Å². The van der Waals surface area contributed by atoms with E-state index in [9.17, 15) is 8.78 Å². The largest absolute Gasteiger partial charge is 0.486 e. The van der Waals surface area contributed by atoms with Gasteiger partial charge < -0.3 is 9.47 Å². The first kappa shape index (κ1) is 12.3. The predicted octanol–water partition coefficient (Wildman–Crippen LogP) is 1.79. The Morgan fingerprint density at radius 1 is 1.29 bits per heavy atom. The molecule has 3 N–H and O–H groups in total. The van der Waals surface area contributed by atoms with Crippen molar-refractivity contribution >= 4 is 11.6 Å². The van der Waals surface area contributed by atoms with Crippen LogP contribution in [0.1, 0.15) is 11.6 Å². The summed E-state index contributed by atoms with van der Waals surface area (Å²) in [5.74, 6) is 6.01. The minimum absolute atomic E-state index is 0.233. The third-order valence-electron chi connectivity index (χ3n) is 2.39. The van der Waals surface area contributed by atoms with Crippen molar-refractivity contribution in [2.75, 3.05) is 13.2 Å². The van der Waals surface area contributed by atoms with E-state index < -0.39 is 11.4 Å². The SMILES string of the molecule is NNC(c1ccc2c(c1)OCCO2)C(F)(F)Cl. The van der Waals surface area contributed by atoms with Crippen molar-refractivity contribution in [3.05, 3.63) is 23.8 Å². The van der Waals surface area contributed by atoms with Crippen LogP contribution in [-0.4, -0.2) is 18.6 Å². The molecule has 1 unspecified atom stereocenters. The minimum Gasteiger partial charge on any atom is -0.486 e. The summed E-state index contributed by atoms with van der Waals surface area (Å²) < 4.78 is 36.7. The Kier molecular flexibility index (Phi) is 3.37. The van der Waals surface area contributed by atoms with Crippen LogP contribution in [0.5, 0.6) is 11.5 Å². The molecular formula is C10H11ClF2N2O2. The minimum atomic E-state index is -3.49. The smallest absolute Gasteiger partial charge is 0.342 e. The van der Waals surface area contributed by atoms with Crippen LogP contribution in [-0.2, 0) is 0 Å². The lowest BCUT2D eigenvalue weighted by Gasteiger charge is -2.24.